The number of carbonyl (C=O) groups excluding carboxylic acids is 3. The number of rotatable bonds is 7. The summed E-state index contributed by atoms with van der Waals surface area (Å²) in [4.78, 5) is 56.4. The molecule has 8 aliphatic rings. The van der Waals surface area contributed by atoms with Gasteiger partial charge in [0.25, 0.3) is 0 Å². The molecule has 1 aliphatic heterocycles. The summed E-state index contributed by atoms with van der Waals surface area (Å²) >= 11 is 0. The van der Waals surface area contributed by atoms with E-state index in [4.69, 9.17) is 4.74 Å². The molecule has 0 aromatic heterocycles. The number of carboxylic acid groups (broad SMARTS) is 1. The standard InChI is InChI=1S/C50H78N2O6/c1-29(2)31-17-20-50(43(57)51-38-26-33(46(38,7)8)40(53)52-23-13-12-14-24-52)22-21-48(10)32(39(31)50)15-16-37-47(9)28-30(27-44(3,4)36(47)18-19-49(37,48)11)58-42(56)35-25-34(41(54)55)45(35,5)6/h30-39H,1,12-28H2,2-11H3,(H,51,57)(H,54,55)/t30?,31-,32+,33+,34+,35-,36-,37+,38+,39+,47-,48+,49+,50-/m0/s1. The number of hydrogen-bond donors (Lipinski definition) is 2. The van der Waals surface area contributed by atoms with Crippen LogP contribution in [0.25, 0.3) is 0 Å². The number of esters is 1. The molecule has 1 unspecified atom stereocenters. The lowest BCUT2D eigenvalue weighted by molar-refractivity contribution is -0.247. The number of nitrogens with one attached hydrogen (secondary N) is 1. The van der Waals surface area contributed by atoms with Crippen molar-refractivity contribution in [1.82, 2.24) is 10.2 Å². The summed E-state index contributed by atoms with van der Waals surface area (Å²) in [6, 6.07) is 0.0140. The predicted octanol–water partition coefficient (Wildman–Crippen LogP) is 9.85. The van der Waals surface area contributed by atoms with E-state index in [2.05, 4.69) is 72.2 Å². The molecule has 0 radical (unpaired) electrons. The molecule has 2 amide bonds. The third-order valence-corrected chi connectivity index (χ3v) is 20.8. The third-order valence-electron chi connectivity index (χ3n) is 20.8. The number of carbonyl (C=O) groups is 4. The molecule has 1 saturated heterocycles. The Labute approximate surface area is 350 Å². The molecule has 2 N–H and O–H groups in total. The summed E-state index contributed by atoms with van der Waals surface area (Å²) in [5.74, 6) is 0.630. The fourth-order valence-electron chi connectivity index (χ4n) is 17.1. The van der Waals surface area contributed by atoms with Crippen molar-refractivity contribution >= 4 is 23.8 Å². The van der Waals surface area contributed by atoms with E-state index in [1.165, 1.54) is 24.8 Å². The summed E-state index contributed by atoms with van der Waals surface area (Å²) in [6.45, 7) is 29.3. The number of allylic oxidation sites excluding steroid dienone is 1. The molecule has 0 bridgehead atoms. The average molecular weight is 803 g/mol. The molecule has 0 aromatic carbocycles. The smallest absolute Gasteiger partial charge is 0.309 e. The Kier molecular flexibility index (Phi) is 10.1. The van der Waals surface area contributed by atoms with E-state index in [0.29, 0.717) is 36.0 Å². The van der Waals surface area contributed by atoms with Gasteiger partial charge in [-0.15, -0.1) is 0 Å². The van der Waals surface area contributed by atoms with Gasteiger partial charge in [0.15, 0.2) is 0 Å². The Morgan fingerprint density at radius 2 is 1.41 bits per heavy atom. The normalized spacial score (nSPS) is 47.0. The minimum absolute atomic E-state index is 0.000270. The van der Waals surface area contributed by atoms with Crippen LogP contribution >= 0.6 is 0 Å². The van der Waals surface area contributed by atoms with Gasteiger partial charge in [0.2, 0.25) is 11.8 Å². The molecule has 7 aliphatic carbocycles. The van der Waals surface area contributed by atoms with Crippen LogP contribution in [-0.4, -0.2) is 59.0 Å². The third kappa shape index (κ3) is 5.90. The second-order valence-electron chi connectivity index (χ2n) is 24.3. The lowest BCUT2D eigenvalue weighted by Crippen LogP contribution is -2.68. The van der Waals surface area contributed by atoms with Crippen molar-refractivity contribution in [3.05, 3.63) is 12.2 Å². The SMILES string of the molecule is C=C(C)[C@@H]1CC[C@]2(C(=O)N[C@@H]3C[C@H](C(=O)N4CCCCC4)C3(C)C)CC[C@]3(C)[C@H](CC[C@@H]4[C@@]5(C)CC(OC(=O)[C@@H]6C[C@H](C(=O)O)C6(C)C)CC(C)(C)[C@@H]5CC[C@]43C)[C@@H]12. The van der Waals surface area contributed by atoms with E-state index in [9.17, 15) is 19.5 Å². The molecule has 324 valence electrons. The molecule has 7 saturated carbocycles. The fourth-order valence-corrected chi connectivity index (χ4v) is 17.1. The van der Waals surface area contributed by atoms with E-state index in [0.717, 1.165) is 83.7 Å². The number of piperidine rings is 1. The predicted molar refractivity (Wildman–Crippen MR) is 226 cm³/mol. The van der Waals surface area contributed by atoms with E-state index in [1.54, 1.807) is 0 Å². The van der Waals surface area contributed by atoms with Crippen molar-refractivity contribution in [2.24, 2.45) is 85.2 Å². The van der Waals surface area contributed by atoms with E-state index < -0.39 is 22.7 Å². The second kappa shape index (κ2) is 13.8. The van der Waals surface area contributed by atoms with Crippen LogP contribution in [0, 0.1) is 85.2 Å². The molecule has 58 heavy (non-hydrogen) atoms. The van der Waals surface area contributed by atoms with Crippen molar-refractivity contribution in [2.45, 2.75) is 178 Å². The fraction of sp³-hybridized carbons (Fsp3) is 0.880. The van der Waals surface area contributed by atoms with Crippen molar-refractivity contribution in [1.29, 1.82) is 0 Å². The molecule has 0 aromatic rings. The molecule has 14 atom stereocenters. The Balaban J connectivity index is 1.03. The van der Waals surface area contributed by atoms with Gasteiger partial charge in [-0.05, 0) is 165 Å². The molecule has 8 heteroatoms. The minimum Gasteiger partial charge on any atom is -0.481 e. The van der Waals surface area contributed by atoms with Gasteiger partial charge in [0, 0.05) is 25.0 Å². The first-order valence-corrected chi connectivity index (χ1v) is 23.6. The quantitative estimate of drug-likeness (QED) is 0.196. The summed E-state index contributed by atoms with van der Waals surface area (Å²) in [7, 11) is 0. The molecule has 8 fully saturated rings. The van der Waals surface area contributed by atoms with Gasteiger partial charge in [-0.3, -0.25) is 19.2 Å². The zero-order valence-corrected chi connectivity index (χ0v) is 37.9. The second-order valence-corrected chi connectivity index (χ2v) is 24.3. The van der Waals surface area contributed by atoms with Crippen LogP contribution in [0.4, 0.5) is 0 Å². The van der Waals surface area contributed by atoms with Crippen LogP contribution < -0.4 is 5.32 Å². The largest absolute Gasteiger partial charge is 0.481 e. The Morgan fingerprint density at radius 1 is 0.724 bits per heavy atom. The maximum Gasteiger partial charge on any atom is 0.309 e. The van der Waals surface area contributed by atoms with Crippen LogP contribution in [0.3, 0.4) is 0 Å². The van der Waals surface area contributed by atoms with Gasteiger partial charge in [-0.1, -0.05) is 74.5 Å². The highest BCUT2D eigenvalue weighted by Gasteiger charge is 2.72. The van der Waals surface area contributed by atoms with Crippen LogP contribution in [0.15, 0.2) is 12.2 Å². The number of carboxylic acids is 1. The van der Waals surface area contributed by atoms with Gasteiger partial charge in [0.05, 0.1) is 17.3 Å². The van der Waals surface area contributed by atoms with Gasteiger partial charge in [-0.25, -0.2) is 0 Å². The van der Waals surface area contributed by atoms with Crippen LogP contribution in [0.2, 0.25) is 0 Å². The maximum atomic E-state index is 15.1. The first-order valence-electron chi connectivity index (χ1n) is 23.6. The number of amides is 2. The first kappa shape index (κ1) is 42.3. The Morgan fingerprint density at radius 3 is 2.03 bits per heavy atom. The van der Waals surface area contributed by atoms with Crippen LogP contribution in [0.5, 0.6) is 0 Å². The van der Waals surface area contributed by atoms with Crippen molar-refractivity contribution in [2.75, 3.05) is 13.1 Å². The number of fused-ring (bicyclic) bond motifs is 7. The molecule has 0 spiro atoms. The topological polar surface area (TPSA) is 113 Å². The van der Waals surface area contributed by atoms with Crippen molar-refractivity contribution in [3.63, 3.8) is 0 Å². The summed E-state index contributed by atoms with van der Waals surface area (Å²) in [5, 5.41) is 13.4. The lowest BCUT2D eigenvalue weighted by Gasteiger charge is -2.72. The van der Waals surface area contributed by atoms with Crippen LogP contribution in [0.1, 0.15) is 166 Å². The maximum absolute atomic E-state index is 15.1. The summed E-state index contributed by atoms with van der Waals surface area (Å²) in [6.07, 6.45) is 14.5. The monoisotopic (exact) mass is 803 g/mol. The summed E-state index contributed by atoms with van der Waals surface area (Å²) < 4.78 is 6.49. The van der Waals surface area contributed by atoms with E-state index in [1.807, 2.05) is 13.8 Å². The number of nitrogens with zero attached hydrogens (tertiary/aromatic N) is 1. The average Bonchev–Trinajstić information content (AvgIpc) is 3.54. The van der Waals surface area contributed by atoms with Crippen LogP contribution in [-0.2, 0) is 23.9 Å². The highest BCUT2D eigenvalue weighted by molar-refractivity contribution is 5.86. The van der Waals surface area contributed by atoms with Gasteiger partial charge >= 0.3 is 11.9 Å². The number of hydrogen-bond acceptors (Lipinski definition) is 5. The first-order chi connectivity index (χ1) is 27.0. The van der Waals surface area contributed by atoms with E-state index in [-0.39, 0.29) is 68.9 Å². The lowest BCUT2D eigenvalue weighted by atomic mass is 9.32. The zero-order valence-electron chi connectivity index (χ0n) is 37.9. The van der Waals surface area contributed by atoms with Gasteiger partial charge < -0.3 is 20.1 Å². The van der Waals surface area contributed by atoms with E-state index >= 15 is 4.79 Å². The zero-order chi connectivity index (χ0) is 42.2. The van der Waals surface area contributed by atoms with Gasteiger partial charge in [-0.2, -0.15) is 0 Å². The molecular formula is C50H78N2O6. The molecular weight excluding hydrogens is 725 g/mol. The van der Waals surface area contributed by atoms with Crippen molar-refractivity contribution in [3.8, 4) is 0 Å². The minimum atomic E-state index is -0.821. The van der Waals surface area contributed by atoms with Crippen molar-refractivity contribution < 1.29 is 29.0 Å². The molecule has 8 rings (SSSR count). The highest BCUT2D eigenvalue weighted by Crippen LogP contribution is 2.78. The Hall–Kier alpha value is -2.38. The highest BCUT2D eigenvalue weighted by atomic mass is 16.5. The summed E-state index contributed by atoms with van der Waals surface area (Å²) in [5.41, 5.74) is 0.111. The molecule has 1 heterocycles. The number of ether oxygens (including phenoxy) is 1. The molecule has 8 nitrogen and oxygen atoms in total. The Bertz CT molecular complexity index is 1730. The number of likely N-dealkylation sites (tertiary alicyclic amines) is 1. The van der Waals surface area contributed by atoms with Gasteiger partial charge in [0.1, 0.15) is 6.10 Å². The number of aliphatic carboxylic acids is 1.